The number of guanidine groups is 1. The average Bonchev–Trinajstić information content (AvgIpc) is 2.58. The minimum atomic E-state index is 0. The van der Waals surface area contributed by atoms with Crippen molar-refractivity contribution in [2.24, 2.45) is 4.99 Å². The molecule has 6 nitrogen and oxygen atoms in total. The van der Waals surface area contributed by atoms with Crippen molar-refractivity contribution in [2.75, 3.05) is 53.7 Å². The molecule has 7 heteroatoms. The van der Waals surface area contributed by atoms with Crippen molar-refractivity contribution in [1.82, 2.24) is 10.6 Å². The molecule has 2 N–H and O–H groups in total. The van der Waals surface area contributed by atoms with Gasteiger partial charge in [0.2, 0.25) is 0 Å². The lowest BCUT2D eigenvalue weighted by molar-refractivity contribution is 0.0748. The van der Waals surface area contributed by atoms with E-state index in [1.807, 2.05) is 6.07 Å². The van der Waals surface area contributed by atoms with Crippen LogP contribution >= 0.6 is 24.0 Å². The average molecular weight is 465 g/mol. The van der Waals surface area contributed by atoms with Gasteiger partial charge in [-0.05, 0) is 31.9 Å². The first-order valence-electron chi connectivity index (χ1n) is 8.43. The minimum Gasteiger partial charge on any atom is -0.496 e. The molecule has 0 spiro atoms. The monoisotopic (exact) mass is 465 g/mol. The molecule has 0 amide bonds. The summed E-state index contributed by atoms with van der Waals surface area (Å²) < 4.78 is 15.8. The zero-order valence-corrected chi connectivity index (χ0v) is 18.1. The number of halogens is 1. The van der Waals surface area contributed by atoms with Gasteiger partial charge in [0.05, 0.1) is 33.5 Å². The van der Waals surface area contributed by atoms with E-state index < -0.39 is 0 Å². The van der Waals surface area contributed by atoms with E-state index in [1.165, 1.54) is 11.1 Å². The highest BCUT2D eigenvalue weighted by Crippen LogP contribution is 2.19. The summed E-state index contributed by atoms with van der Waals surface area (Å²) in [4.78, 5) is 4.50. The number of nitrogens with one attached hydrogen (secondary N) is 2. The number of aryl methyl sites for hydroxylation is 1. The highest BCUT2D eigenvalue weighted by Gasteiger charge is 2.04. The van der Waals surface area contributed by atoms with Gasteiger partial charge in [0.1, 0.15) is 5.75 Å². The SMILES string of the molecule is CCNC(=NCCOCCOC)NCCc1cc(C)ccc1OC.I. The third kappa shape index (κ3) is 10.5. The van der Waals surface area contributed by atoms with Gasteiger partial charge < -0.3 is 24.8 Å². The molecule has 144 valence electrons. The van der Waals surface area contributed by atoms with Crippen LogP contribution in [0, 0.1) is 6.92 Å². The molecule has 0 heterocycles. The molecule has 0 fully saturated rings. The van der Waals surface area contributed by atoms with E-state index in [0.717, 1.165) is 31.2 Å². The van der Waals surface area contributed by atoms with Crippen LogP contribution < -0.4 is 15.4 Å². The third-order valence-electron chi connectivity index (χ3n) is 3.40. The standard InChI is InChI=1S/C18H31N3O3.HI/c1-5-19-18(21-10-11-24-13-12-22-3)20-9-8-16-14-15(2)6-7-17(16)23-4;/h6-7,14H,5,8-13H2,1-4H3,(H2,19,20,21);1H. The summed E-state index contributed by atoms with van der Waals surface area (Å²) in [6.07, 6.45) is 0.875. The van der Waals surface area contributed by atoms with Crippen molar-refractivity contribution in [3.63, 3.8) is 0 Å². The molecule has 0 radical (unpaired) electrons. The highest BCUT2D eigenvalue weighted by atomic mass is 127. The van der Waals surface area contributed by atoms with Crippen molar-refractivity contribution in [2.45, 2.75) is 20.3 Å². The second-order valence-electron chi connectivity index (χ2n) is 5.36. The van der Waals surface area contributed by atoms with Crippen LogP contribution in [0.5, 0.6) is 5.75 Å². The van der Waals surface area contributed by atoms with Gasteiger partial charge in [-0.15, -0.1) is 24.0 Å². The van der Waals surface area contributed by atoms with Gasteiger partial charge in [-0.2, -0.15) is 0 Å². The molecule has 0 aliphatic carbocycles. The largest absolute Gasteiger partial charge is 0.496 e. The predicted molar refractivity (Wildman–Crippen MR) is 114 cm³/mol. The van der Waals surface area contributed by atoms with Crippen LogP contribution in [0.15, 0.2) is 23.2 Å². The number of benzene rings is 1. The smallest absolute Gasteiger partial charge is 0.191 e. The number of aliphatic imine (C=N–C) groups is 1. The van der Waals surface area contributed by atoms with E-state index in [0.29, 0.717) is 26.4 Å². The topological polar surface area (TPSA) is 64.1 Å². The molecule has 0 aromatic heterocycles. The predicted octanol–water partition coefficient (Wildman–Crippen LogP) is 2.38. The number of hydrogen-bond donors (Lipinski definition) is 2. The first-order chi connectivity index (χ1) is 11.7. The molecular weight excluding hydrogens is 433 g/mol. The van der Waals surface area contributed by atoms with E-state index >= 15 is 0 Å². The normalized spacial score (nSPS) is 11.0. The maximum atomic E-state index is 5.42. The lowest BCUT2D eigenvalue weighted by Gasteiger charge is -2.13. The van der Waals surface area contributed by atoms with Crippen LogP contribution in [-0.4, -0.2) is 59.6 Å². The van der Waals surface area contributed by atoms with E-state index in [9.17, 15) is 0 Å². The van der Waals surface area contributed by atoms with E-state index in [4.69, 9.17) is 14.2 Å². The number of nitrogens with zero attached hydrogens (tertiary/aromatic N) is 1. The van der Waals surface area contributed by atoms with Gasteiger partial charge in [-0.1, -0.05) is 17.7 Å². The molecule has 1 rings (SSSR count). The van der Waals surface area contributed by atoms with E-state index in [-0.39, 0.29) is 24.0 Å². The van der Waals surface area contributed by atoms with Gasteiger partial charge in [0, 0.05) is 20.2 Å². The fourth-order valence-electron chi connectivity index (χ4n) is 2.23. The fourth-order valence-corrected chi connectivity index (χ4v) is 2.23. The second-order valence-corrected chi connectivity index (χ2v) is 5.36. The van der Waals surface area contributed by atoms with Crippen LogP contribution in [0.25, 0.3) is 0 Å². The maximum absolute atomic E-state index is 5.42. The Morgan fingerprint density at radius 1 is 1.12 bits per heavy atom. The Balaban J connectivity index is 0.00000576. The summed E-state index contributed by atoms with van der Waals surface area (Å²) in [5.74, 6) is 1.73. The Labute approximate surface area is 168 Å². The summed E-state index contributed by atoms with van der Waals surface area (Å²) in [5, 5.41) is 6.58. The number of ether oxygens (including phenoxy) is 3. The summed E-state index contributed by atoms with van der Waals surface area (Å²) in [6.45, 7) is 8.17. The van der Waals surface area contributed by atoms with Crippen LogP contribution in [-0.2, 0) is 15.9 Å². The van der Waals surface area contributed by atoms with Crippen LogP contribution in [0.2, 0.25) is 0 Å². The molecule has 25 heavy (non-hydrogen) atoms. The fraction of sp³-hybridized carbons (Fsp3) is 0.611. The van der Waals surface area contributed by atoms with Gasteiger partial charge in [0.15, 0.2) is 5.96 Å². The second kappa shape index (κ2) is 15.2. The van der Waals surface area contributed by atoms with Gasteiger partial charge in [0.25, 0.3) is 0 Å². The van der Waals surface area contributed by atoms with Gasteiger partial charge in [-0.25, -0.2) is 0 Å². The molecule has 0 saturated heterocycles. The summed E-state index contributed by atoms with van der Waals surface area (Å²) in [5.41, 5.74) is 2.43. The number of hydrogen-bond acceptors (Lipinski definition) is 4. The third-order valence-corrected chi connectivity index (χ3v) is 3.40. The Bertz CT molecular complexity index is 498. The summed E-state index contributed by atoms with van der Waals surface area (Å²) in [6, 6.07) is 6.24. The number of rotatable bonds is 11. The van der Waals surface area contributed by atoms with Crippen LogP contribution in [0.4, 0.5) is 0 Å². The zero-order chi connectivity index (χ0) is 17.6. The van der Waals surface area contributed by atoms with Crippen molar-refractivity contribution in [3.05, 3.63) is 29.3 Å². The molecular formula is C18H32IN3O3. The Morgan fingerprint density at radius 3 is 2.60 bits per heavy atom. The molecule has 0 atom stereocenters. The lowest BCUT2D eigenvalue weighted by atomic mass is 10.1. The van der Waals surface area contributed by atoms with Crippen LogP contribution in [0.3, 0.4) is 0 Å². The summed E-state index contributed by atoms with van der Waals surface area (Å²) in [7, 11) is 3.37. The molecule has 1 aromatic rings. The first kappa shape index (κ1) is 23.9. The van der Waals surface area contributed by atoms with Crippen molar-refractivity contribution in [1.29, 1.82) is 0 Å². The first-order valence-corrected chi connectivity index (χ1v) is 8.43. The van der Waals surface area contributed by atoms with Crippen molar-refractivity contribution < 1.29 is 14.2 Å². The molecule has 0 aliphatic rings. The molecule has 0 aliphatic heterocycles. The summed E-state index contributed by atoms with van der Waals surface area (Å²) >= 11 is 0. The van der Waals surface area contributed by atoms with Crippen molar-refractivity contribution >= 4 is 29.9 Å². The van der Waals surface area contributed by atoms with Crippen LogP contribution in [0.1, 0.15) is 18.1 Å². The Morgan fingerprint density at radius 2 is 1.92 bits per heavy atom. The Kier molecular flexibility index (Phi) is 14.6. The van der Waals surface area contributed by atoms with E-state index in [2.05, 4.69) is 41.6 Å². The Hall–Kier alpha value is -1.06. The highest BCUT2D eigenvalue weighted by molar-refractivity contribution is 14.0. The zero-order valence-electron chi connectivity index (χ0n) is 15.8. The minimum absolute atomic E-state index is 0. The molecule has 0 bridgehead atoms. The molecule has 0 saturated carbocycles. The van der Waals surface area contributed by atoms with Gasteiger partial charge in [-0.3, -0.25) is 4.99 Å². The quantitative estimate of drug-likeness (QED) is 0.228. The van der Waals surface area contributed by atoms with Gasteiger partial charge >= 0.3 is 0 Å². The maximum Gasteiger partial charge on any atom is 0.191 e. The lowest BCUT2D eigenvalue weighted by Crippen LogP contribution is -2.38. The number of methoxy groups -OCH3 is 2. The van der Waals surface area contributed by atoms with Crippen molar-refractivity contribution in [3.8, 4) is 5.75 Å². The molecule has 0 unspecified atom stereocenters. The molecule has 1 aromatic carbocycles. The van der Waals surface area contributed by atoms with E-state index in [1.54, 1.807) is 14.2 Å².